The number of pyridine rings is 1. The summed E-state index contributed by atoms with van der Waals surface area (Å²) in [5, 5.41) is 6.43. The molecular formula is C17H16N4O4. The molecule has 0 saturated carbocycles. The number of benzene rings is 1. The summed E-state index contributed by atoms with van der Waals surface area (Å²) in [5.41, 5.74) is 1.23. The fourth-order valence-corrected chi connectivity index (χ4v) is 2.11. The van der Waals surface area contributed by atoms with E-state index in [9.17, 15) is 9.59 Å². The zero-order valence-corrected chi connectivity index (χ0v) is 13.5. The number of ether oxygens (including phenoxy) is 1. The molecule has 8 nitrogen and oxygen atoms in total. The largest absolute Gasteiger partial charge is 0.484 e. The lowest BCUT2D eigenvalue weighted by molar-refractivity contribution is -0.123. The molecule has 0 fully saturated rings. The predicted octanol–water partition coefficient (Wildman–Crippen LogP) is 1.43. The van der Waals surface area contributed by atoms with E-state index in [1.54, 1.807) is 12.1 Å². The summed E-state index contributed by atoms with van der Waals surface area (Å²) in [4.78, 5) is 29.8. The zero-order valence-electron chi connectivity index (χ0n) is 13.5. The van der Waals surface area contributed by atoms with Gasteiger partial charge < -0.3 is 19.6 Å². The van der Waals surface area contributed by atoms with Crippen LogP contribution in [0.25, 0.3) is 11.4 Å². The lowest BCUT2D eigenvalue weighted by Gasteiger charge is -2.08. The minimum Gasteiger partial charge on any atom is -0.484 e. The van der Waals surface area contributed by atoms with Crippen LogP contribution in [-0.2, 0) is 11.3 Å². The van der Waals surface area contributed by atoms with E-state index in [-0.39, 0.29) is 36.3 Å². The fourth-order valence-electron chi connectivity index (χ4n) is 2.11. The monoisotopic (exact) mass is 340 g/mol. The SMILES string of the molecule is Cc1ccccc1OCC(=O)NCc1nc(-c2cc[nH]c(=O)c2)no1. The Bertz CT molecular complexity index is 932. The van der Waals surface area contributed by atoms with Crippen LogP contribution in [0.15, 0.2) is 51.9 Å². The van der Waals surface area contributed by atoms with Gasteiger partial charge >= 0.3 is 0 Å². The molecule has 0 aliphatic carbocycles. The summed E-state index contributed by atoms with van der Waals surface area (Å²) in [5.74, 6) is 0.872. The Labute approximate surface area is 142 Å². The van der Waals surface area contributed by atoms with Crippen molar-refractivity contribution in [1.82, 2.24) is 20.4 Å². The number of aromatic amines is 1. The van der Waals surface area contributed by atoms with Gasteiger partial charge in [0.15, 0.2) is 6.61 Å². The zero-order chi connectivity index (χ0) is 17.6. The van der Waals surface area contributed by atoms with Crippen molar-refractivity contribution in [2.24, 2.45) is 0 Å². The minimum atomic E-state index is -0.306. The van der Waals surface area contributed by atoms with E-state index in [0.717, 1.165) is 5.56 Å². The minimum absolute atomic E-state index is 0.0756. The second-order valence-corrected chi connectivity index (χ2v) is 5.28. The quantitative estimate of drug-likeness (QED) is 0.702. The third kappa shape index (κ3) is 4.31. The maximum absolute atomic E-state index is 11.9. The summed E-state index contributed by atoms with van der Waals surface area (Å²) in [7, 11) is 0. The molecule has 0 bridgehead atoms. The van der Waals surface area contributed by atoms with Gasteiger partial charge in [-0.05, 0) is 24.6 Å². The van der Waals surface area contributed by atoms with E-state index < -0.39 is 0 Å². The number of aryl methyl sites for hydroxylation is 1. The molecule has 0 aliphatic rings. The van der Waals surface area contributed by atoms with Gasteiger partial charge in [-0.3, -0.25) is 9.59 Å². The number of nitrogens with one attached hydrogen (secondary N) is 2. The first-order chi connectivity index (χ1) is 12.1. The van der Waals surface area contributed by atoms with Gasteiger partial charge in [0.1, 0.15) is 5.75 Å². The highest BCUT2D eigenvalue weighted by atomic mass is 16.5. The van der Waals surface area contributed by atoms with E-state index in [1.165, 1.54) is 12.3 Å². The van der Waals surface area contributed by atoms with Crippen LogP contribution in [0.4, 0.5) is 0 Å². The van der Waals surface area contributed by atoms with Crippen molar-refractivity contribution in [1.29, 1.82) is 0 Å². The van der Waals surface area contributed by atoms with Crippen molar-refractivity contribution >= 4 is 5.91 Å². The molecule has 0 aliphatic heterocycles. The van der Waals surface area contributed by atoms with Crippen LogP contribution in [0.2, 0.25) is 0 Å². The van der Waals surface area contributed by atoms with Gasteiger partial charge in [-0.15, -0.1) is 0 Å². The molecule has 3 aromatic rings. The lowest BCUT2D eigenvalue weighted by Crippen LogP contribution is -2.28. The van der Waals surface area contributed by atoms with E-state index in [4.69, 9.17) is 9.26 Å². The van der Waals surface area contributed by atoms with Crippen LogP contribution >= 0.6 is 0 Å². The summed E-state index contributed by atoms with van der Waals surface area (Å²) >= 11 is 0. The van der Waals surface area contributed by atoms with Crippen molar-refractivity contribution in [3.63, 3.8) is 0 Å². The Morgan fingerprint density at radius 3 is 2.96 bits per heavy atom. The van der Waals surface area contributed by atoms with Crippen LogP contribution in [0.3, 0.4) is 0 Å². The Kier molecular flexibility index (Phi) is 4.89. The van der Waals surface area contributed by atoms with Crippen molar-refractivity contribution in [2.75, 3.05) is 6.61 Å². The van der Waals surface area contributed by atoms with E-state index >= 15 is 0 Å². The number of carbonyl (C=O) groups excluding carboxylic acids is 1. The first-order valence-corrected chi connectivity index (χ1v) is 7.58. The Hall–Kier alpha value is -3.42. The maximum Gasteiger partial charge on any atom is 0.258 e. The van der Waals surface area contributed by atoms with Crippen molar-refractivity contribution in [3.05, 3.63) is 64.4 Å². The summed E-state index contributed by atoms with van der Waals surface area (Å²) in [6.07, 6.45) is 1.50. The van der Waals surface area contributed by atoms with Gasteiger partial charge in [0.05, 0.1) is 6.54 Å². The molecule has 0 unspecified atom stereocenters. The molecule has 25 heavy (non-hydrogen) atoms. The number of hydrogen-bond acceptors (Lipinski definition) is 6. The van der Waals surface area contributed by atoms with Crippen LogP contribution in [-0.4, -0.2) is 27.6 Å². The number of carbonyl (C=O) groups is 1. The Morgan fingerprint density at radius 1 is 1.32 bits per heavy atom. The topological polar surface area (TPSA) is 110 Å². The third-order valence-electron chi connectivity index (χ3n) is 3.39. The number of hydrogen-bond donors (Lipinski definition) is 2. The molecule has 0 spiro atoms. The molecule has 2 aromatic heterocycles. The van der Waals surface area contributed by atoms with Gasteiger partial charge in [-0.25, -0.2) is 0 Å². The number of aromatic nitrogens is 3. The molecule has 0 atom stereocenters. The highest BCUT2D eigenvalue weighted by molar-refractivity contribution is 5.77. The molecule has 8 heteroatoms. The number of H-pyrrole nitrogens is 1. The number of para-hydroxylation sites is 1. The highest BCUT2D eigenvalue weighted by Crippen LogP contribution is 2.16. The predicted molar refractivity (Wildman–Crippen MR) is 88.9 cm³/mol. The molecule has 0 radical (unpaired) electrons. The number of nitrogens with zero attached hydrogens (tertiary/aromatic N) is 2. The number of amides is 1. The molecule has 2 heterocycles. The van der Waals surface area contributed by atoms with E-state index in [2.05, 4.69) is 20.4 Å². The van der Waals surface area contributed by atoms with Crippen molar-refractivity contribution in [3.8, 4) is 17.1 Å². The maximum atomic E-state index is 11.9. The molecule has 1 aromatic carbocycles. The average molecular weight is 340 g/mol. The fraction of sp³-hybridized carbons (Fsp3) is 0.176. The van der Waals surface area contributed by atoms with Gasteiger partial charge in [0.25, 0.3) is 5.91 Å². The van der Waals surface area contributed by atoms with E-state index in [1.807, 2.05) is 25.1 Å². The Morgan fingerprint density at radius 2 is 2.16 bits per heavy atom. The van der Waals surface area contributed by atoms with Gasteiger partial charge in [-0.1, -0.05) is 23.4 Å². The molecule has 2 N–H and O–H groups in total. The molecule has 1 amide bonds. The van der Waals surface area contributed by atoms with E-state index in [0.29, 0.717) is 11.3 Å². The van der Waals surface area contributed by atoms with Gasteiger partial charge in [0, 0.05) is 17.8 Å². The van der Waals surface area contributed by atoms with Gasteiger partial charge in [0.2, 0.25) is 17.3 Å². The standard InChI is InChI=1S/C17H16N4O4/c1-11-4-2-3-5-13(11)24-10-15(23)19-9-16-20-17(21-25-16)12-6-7-18-14(22)8-12/h2-8H,9-10H2,1H3,(H,18,22)(H,19,23). The number of rotatable bonds is 6. The summed E-state index contributed by atoms with van der Waals surface area (Å²) < 4.78 is 10.5. The molecule has 3 rings (SSSR count). The van der Waals surface area contributed by atoms with Crippen LogP contribution in [0.5, 0.6) is 5.75 Å². The lowest BCUT2D eigenvalue weighted by atomic mass is 10.2. The average Bonchev–Trinajstić information content (AvgIpc) is 3.08. The molecule has 128 valence electrons. The van der Waals surface area contributed by atoms with Crippen LogP contribution in [0, 0.1) is 6.92 Å². The molecule has 0 saturated heterocycles. The van der Waals surface area contributed by atoms with Crippen molar-refractivity contribution < 1.29 is 14.1 Å². The van der Waals surface area contributed by atoms with Gasteiger partial charge in [-0.2, -0.15) is 4.98 Å². The summed E-state index contributed by atoms with van der Waals surface area (Å²) in [6, 6.07) is 10.5. The Balaban J connectivity index is 1.53. The first kappa shape index (κ1) is 16.4. The normalized spacial score (nSPS) is 10.4. The second-order valence-electron chi connectivity index (χ2n) is 5.28. The smallest absolute Gasteiger partial charge is 0.258 e. The van der Waals surface area contributed by atoms with Crippen LogP contribution in [0.1, 0.15) is 11.5 Å². The highest BCUT2D eigenvalue weighted by Gasteiger charge is 2.11. The molecular weight excluding hydrogens is 324 g/mol. The second kappa shape index (κ2) is 7.43. The summed E-state index contributed by atoms with van der Waals surface area (Å²) in [6.45, 7) is 1.87. The van der Waals surface area contributed by atoms with Crippen molar-refractivity contribution in [2.45, 2.75) is 13.5 Å². The third-order valence-corrected chi connectivity index (χ3v) is 3.39. The van der Waals surface area contributed by atoms with Crippen LogP contribution < -0.4 is 15.6 Å². The first-order valence-electron chi connectivity index (χ1n) is 7.58.